The second-order valence-electron chi connectivity index (χ2n) is 6.02. The Morgan fingerprint density at radius 3 is 2.59 bits per heavy atom. The van der Waals surface area contributed by atoms with Crippen LogP contribution in [-0.4, -0.2) is 22.6 Å². The number of anilines is 1. The Morgan fingerprint density at radius 2 is 1.93 bits per heavy atom. The summed E-state index contributed by atoms with van der Waals surface area (Å²) in [5, 5.41) is 12.9. The van der Waals surface area contributed by atoms with Crippen molar-refractivity contribution < 1.29 is 9.59 Å². The van der Waals surface area contributed by atoms with E-state index in [9.17, 15) is 14.9 Å². The largest absolute Gasteiger partial charge is 0.325 e. The summed E-state index contributed by atoms with van der Waals surface area (Å²) < 4.78 is 0.933. The summed E-state index contributed by atoms with van der Waals surface area (Å²) in [6.07, 6.45) is 0.195. The van der Waals surface area contributed by atoms with Crippen LogP contribution >= 0.6 is 27.7 Å². The van der Waals surface area contributed by atoms with Crippen LogP contribution in [0.3, 0.4) is 0 Å². The van der Waals surface area contributed by atoms with Gasteiger partial charge in [-0.05, 0) is 29.8 Å². The van der Waals surface area contributed by atoms with Crippen molar-refractivity contribution in [3.05, 3.63) is 64.6 Å². The van der Waals surface area contributed by atoms with E-state index in [2.05, 4.69) is 32.3 Å². The second kappa shape index (κ2) is 8.98. The fraction of sp³-hybridized carbons (Fsp3) is 0.200. The summed E-state index contributed by atoms with van der Waals surface area (Å²) in [4.78, 5) is 28.3. The Balaban J connectivity index is 1.70. The fourth-order valence-electron chi connectivity index (χ4n) is 2.86. The van der Waals surface area contributed by atoms with Crippen molar-refractivity contribution in [3.8, 4) is 6.07 Å². The van der Waals surface area contributed by atoms with E-state index in [4.69, 9.17) is 0 Å². The number of nitriles is 1. The van der Waals surface area contributed by atoms with Crippen LogP contribution in [0.25, 0.3) is 0 Å². The number of para-hydroxylation sites is 1. The summed E-state index contributed by atoms with van der Waals surface area (Å²) >= 11 is 4.54. The number of nitrogens with zero attached hydrogens (tertiary/aromatic N) is 2. The van der Waals surface area contributed by atoms with Gasteiger partial charge in [0.1, 0.15) is 5.92 Å². The zero-order valence-corrected chi connectivity index (χ0v) is 16.7. The molecule has 27 heavy (non-hydrogen) atoms. The van der Waals surface area contributed by atoms with E-state index in [0.717, 1.165) is 21.8 Å². The quantitative estimate of drug-likeness (QED) is 0.762. The molecule has 1 heterocycles. The maximum Gasteiger partial charge on any atom is 0.247 e. The van der Waals surface area contributed by atoms with E-state index in [1.165, 1.54) is 0 Å². The minimum Gasteiger partial charge on any atom is -0.325 e. The highest BCUT2D eigenvalue weighted by atomic mass is 79.9. The maximum atomic E-state index is 12.2. The number of thioether (sulfide) groups is 1. The molecule has 0 spiro atoms. The maximum absolute atomic E-state index is 12.2. The molecule has 2 unspecified atom stereocenters. The van der Waals surface area contributed by atoms with E-state index in [1.54, 1.807) is 12.1 Å². The number of benzene rings is 2. The Hall–Kier alpha value is -2.43. The van der Waals surface area contributed by atoms with E-state index < -0.39 is 5.92 Å². The highest BCUT2D eigenvalue weighted by Crippen LogP contribution is 2.36. The van der Waals surface area contributed by atoms with Crippen molar-refractivity contribution in [2.75, 3.05) is 11.1 Å². The van der Waals surface area contributed by atoms with Crippen molar-refractivity contribution in [1.82, 2.24) is 0 Å². The average Bonchev–Trinajstić information content (AvgIpc) is 2.67. The van der Waals surface area contributed by atoms with E-state index in [-0.39, 0.29) is 29.9 Å². The standard InChI is InChI=1S/C20H16BrN3O2S/c21-14-8-6-13(7-9-14)16-10-18(25)24-20(17(16)11-22)27-12-19(26)23-15-4-2-1-3-5-15/h1-9,16-17H,10,12H2,(H,23,26). The molecule has 0 radical (unpaired) electrons. The molecule has 7 heteroatoms. The molecule has 0 saturated carbocycles. The first-order valence-corrected chi connectivity index (χ1v) is 10.1. The van der Waals surface area contributed by atoms with Gasteiger partial charge in [0.05, 0.1) is 16.9 Å². The molecule has 0 fully saturated rings. The molecular weight excluding hydrogens is 426 g/mol. The smallest absolute Gasteiger partial charge is 0.247 e. The Kier molecular flexibility index (Phi) is 6.43. The molecule has 0 aromatic heterocycles. The number of hydrogen-bond acceptors (Lipinski definition) is 4. The summed E-state index contributed by atoms with van der Waals surface area (Å²) in [6.45, 7) is 0. The molecule has 0 bridgehead atoms. The SMILES string of the molecule is N#CC1C(SCC(=O)Nc2ccccc2)=NC(=O)CC1c1ccc(Br)cc1. The molecule has 2 amide bonds. The molecule has 136 valence electrons. The molecule has 3 rings (SSSR count). The number of hydrogen-bond donors (Lipinski definition) is 1. The Bertz CT molecular complexity index is 907. The van der Waals surface area contributed by atoms with Crippen LogP contribution in [0.5, 0.6) is 0 Å². The number of amides is 2. The van der Waals surface area contributed by atoms with Gasteiger partial charge in [0.25, 0.3) is 0 Å². The van der Waals surface area contributed by atoms with Crippen LogP contribution in [0.2, 0.25) is 0 Å². The van der Waals surface area contributed by atoms with Gasteiger partial charge in [-0.25, -0.2) is 4.99 Å². The fourth-order valence-corrected chi connectivity index (χ4v) is 4.04. The third-order valence-corrected chi connectivity index (χ3v) is 5.72. The summed E-state index contributed by atoms with van der Waals surface area (Å²) in [5.41, 5.74) is 1.62. The van der Waals surface area contributed by atoms with Crippen LogP contribution < -0.4 is 5.32 Å². The lowest BCUT2D eigenvalue weighted by molar-refractivity contribution is -0.118. The number of nitrogens with one attached hydrogen (secondary N) is 1. The first kappa shape index (κ1) is 19.3. The second-order valence-corrected chi connectivity index (χ2v) is 7.93. The van der Waals surface area contributed by atoms with Gasteiger partial charge in [-0.1, -0.05) is 58.0 Å². The predicted octanol–water partition coefficient (Wildman–Crippen LogP) is 4.37. The molecule has 5 nitrogen and oxygen atoms in total. The molecule has 0 aliphatic carbocycles. The number of halogens is 1. The van der Waals surface area contributed by atoms with Gasteiger partial charge in [-0.2, -0.15) is 5.26 Å². The summed E-state index contributed by atoms with van der Waals surface area (Å²) in [7, 11) is 0. The highest BCUT2D eigenvalue weighted by Gasteiger charge is 2.34. The number of carbonyl (C=O) groups excluding carboxylic acids is 2. The normalized spacial score (nSPS) is 19.1. The predicted molar refractivity (Wildman–Crippen MR) is 111 cm³/mol. The topological polar surface area (TPSA) is 82.3 Å². The highest BCUT2D eigenvalue weighted by molar-refractivity contribution is 9.10. The minimum atomic E-state index is -0.543. The zero-order valence-electron chi connectivity index (χ0n) is 14.3. The minimum absolute atomic E-state index is 0.0895. The lowest BCUT2D eigenvalue weighted by atomic mass is 9.83. The van der Waals surface area contributed by atoms with Gasteiger partial charge >= 0.3 is 0 Å². The third kappa shape index (κ3) is 5.06. The summed E-state index contributed by atoms with van der Waals surface area (Å²) in [6, 6.07) is 19.0. The average molecular weight is 442 g/mol. The number of carbonyl (C=O) groups is 2. The van der Waals surface area contributed by atoms with Gasteiger partial charge < -0.3 is 5.32 Å². The van der Waals surface area contributed by atoms with Gasteiger partial charge in [-0.3, -0.25) is 9.59 Å². The van der Waals surface area contributed by atoms with Crippen molar-refractivity contribution in [3.63, 3.8) is 0 Å². The van der Waals surface area contributed by atoms with Gasteiger partial charge in [0, 0.05) is 22.5 Å². The molecule has 1 aliphatic rings. The van der Waals surface area contributed by atoms with Crippen molar-refractivity contribution in [1.29, 1.82) is 5.26 Å². The molecule has 1 aliphatic heterocycles. The van der Waals surface area contributed by atoms with Crippen LogP contribution in [0.15, 0.2) is 64.1 Å². The van der Waals surface area contributed by atoms with E-state index in [0.29, 0.717) is 10.7 Å². The van der Waals surface area contributed by atoms with Gasteiger partial charge in [0.2, 0.25) is 11.8 Å². The molecule has 0 saturated heterocycles. The lowest BCUT2D eigenvalue weighted by Crippen LogP contribution is -2.28. The molecule has 1 N–H and O–H groups in total. The number of aliphatic imine (C=N–C) groups is 1. The van der Waals surface area contributed by atoms with E-state index in [1.807, 2.05) is 42.5 Å². The van der Waals surface area contributed by atoms with Crippen molar-refractivity contribution in [2.24, 2.45) is 10.9 Å². The number of rotatable bonds is 4. The van der Waals surface area contributed by atoms with Gasteiger partial charge in [0.15, 0.2) is 0 Å². The van der Waals surface area contributed by atoms with Crippen LogP contribution in [0.1, 0.15) is 17.9 Å². The molecule has 2 aromatic rings. The van der Waals surface area contributed by atoms with Gasteiger partial charge in [-0.15, -0.1) is 0 Å². The first-order chi connectivity index (χ1) is 13.1. The Morgan fingerprint density at radius 1 is 1.22 bits per heavy atom. The monoisotopic (exact) mass is 441 g/mol. The Labute approximate surface area is 170 Å². The molecular formula is C20H16BrN3O2S. The van der Waals surface area contributed by atoms with Crippen molar-refractivity contribution in [2.45, 2.75) is 12.3 Å². The summed E-state index contributed by atoms with van der Waals surface area (Å²) in [5.74, 6) is -1.18. The lowest BCUT2D eigenvalue weighted by Gasteiger charge is -2.26. The molecule has 2 aromatic carbocycles. The van der Waals surface area contributed by atoms with Crippen LogP contribution in [-0.2, 0) is 9.59 Å². The first-order valence-electron chi connectivity index (χ1n) is 8.31. The van der Waals surface area contributed by atoms with Crippen LogP contribution in [0.4, 0.5) is 5.69 Å². The van der Waals surface area contributed by atoms with Crippen LogP contribution in [0, 0.1) is 17.2 Å². The zero-order chi connectivity index (χ0) is 19.2. The molecule has 2 atom stereocenters. The van der Waals surface area contributed by atoms with E-state index >= 15 is 0 Å². The van der Waals surface area contributed by atoms with Crippen molar-refractivity contribution >= 4 is 50.2 Å². The third-order valence-electron chi connectivity index (χ3n) is 4.14.